The summed E-state index contributed by atoms with van der Waals surface area (Å²) in [4.78, 5) is 43.3. The molecule has 7 nitrogen and oxygen atoms in total. The molecule has 0 atom stereocenters. The lowest BCUT2D eigenvalue weighted by Gasteiger charge is -2.34. The largest absolute Gasteiger partial charge is 0.334 e. The minimum atomic E-state index is -0.226. The Balaban J connectivity index is 1.42. The van der Waals surface area contributed by atoms with Crippen LogP contribution in [0.1, 0.15) is 25.7 Å². The van der Waals surface area contributed by atoms with Crippen LogP contribution in [0.15, 0.2) is 76.9 Å². The Hall–Kier alpha value is -3.78. The van der Waals surface area contributed by atoms with Gasteiger partial charge < -0.3 is 9.80 Å². The molecule has 0 saturated carbocycles. The van der Waals surface area contributed by atoms with Gasteiger partial charge in [-0.25, -0.2) is 4.68 Å². The highest BCUT2D eigenvalue weighted by atomic mass is 32.1. The third-order valence-corrected chi connectivity index (χ3v) is 6.69. The zero-order valence-electron chi connectivity index (χ0n) is 17.9. The number of thiophene rings is 1. The van der Waals surface area contributed by atoms with Crippen molar-refractivity contribution < 1.29 is 9.59 Å². The number of nitrogens with zero attached hydrogens (tertiary/aromatic N) is 4. The number of carbonyl (C=O) groups excluding carboxylic acids is 2. The Labute approximate surface area is 194 Å². The van der Waals surface area contributed by atoms with Crippen LogP contribution in [-0.2, 0) is 6.54 Å². The number of benzene rings is 2. The van der Waals surface area contributed by atoms with Gasteiger partial charge in [0.1, 0.15) is 0 Å². The van der Waals surface area contributed by atoms with Crippen LogP contribution in [-0.4, -0.2) is 57.6 Å². The van der Waals surface area contributed by atoms with E-state index >= 15 is 0 Å². The Morgan fingerprint density at radius 2 is 1.42 bits per heavy atom. The minimum absolute atomic E-state index is 0.00270. The molecule has 0 spiro atoms. The summed E-state index contributed by atoms with van der Waals surface area (Å²) < 4.78 is 1.36. The number of hydrogen-bond donors (Lipinski definition) is 0. The van der Waals surface area contributed by atoms with Gasteiger partial charge in [-0.05, 0) is 23.1 Å². The van der Waals surface area contributed by atoms with Crippen LogP contribution in [0.4, 0.5) is 0 Å². The fraction of sp³-hybridized carbons (Fsp3) is 0.200. The van der Waals surface area contributed by atoms with E-state index in [1.807, 2.05) is 47.8 Å². The zero-order chi connectivity index (χ0) is 22.8. The first-order valence-corrected chi connectivity index (χ1v) is 11.7. The minimum Gasteiger partial charge on any atom is -0.334 e. The molecule has 2 aromatic carbocycles. The van der Waals surface area contributed by atoms with Crippen molar-refractivity contribution in [1.29, 1.82) is 0 Å². The smallest absolute Gasteiger partial charge is 0.275 e. The van der Waals surface area contributed by atoms with Gasteiger partial charge in [-0.15, -0.1) is 11.3 Å². The SMILES string of the molecule is O=C(c1cccs1)N1CCN(C(=O)c2nn(Cc3ccccc3)c(=O)c3ccccc23)CC1. The van der Waals surface area contributed by atoms with Gasteiger partial charge in [0.05, 0.1) is 16.8 Å². The van der Waals surface area contributed by atoms with Crippen molar-refractivity contribution in [2.75, 3.05) is 26.2 Å². The zero-order valence-corrected chi connectivity index (χ0v) is 18.7. The van der Waals surface area contributed by atoms with Gasteiger partial charge in [-0.1, -0.05) is 54.6 Å². The first-order chi connectivity index (χ1) is 16.1. The summed E-state index contributed by atoms with van der Waals surface area (Å²) in [7, 11) is 0. The summed E-state index contributed by atoms with van der Waals surface area (Å²) in [6, 6.07) is 20.3. The summed E-state index contributed by atoms with van der Waals surface area (Å²) >= 11 is 1.42. The predicted molar refractivity (Wildman–Crippen MR) is 128 cm³/mol. The lowest BCUT2D eigenvalue weighted by atomic mass is 10.1. The fourth-order valence-corrected chi connectivity index (χ4v) is 4.77. The lowest BCUT2D eigenvalue weighted by Crippen LogP contribution is -2.50. The van der Waals surface area contributed by atoms with Crippen LogP contribution < -0.4 is 5.56 Å². The predicted octanol–water partition coefficient (Wildman–Crippen LogP) is 3.10. The molecule has 5 rings (SSSR count). The summed E-state index contributed by atoms with van der Waals surface area (Å²) in [6.45, 7) is 2.05. The normalized spacial score (nSPS) is 13.9. The molecule has 1 aliphatic rings. The van der Waals surface area contributed by atoms with Crippen molar-refractivity contribution >= 4 is 33.9 Å². The van der Waals surface area contributed by atoms with Gasteiger partial charge in [0.25, 0.3) is 17.4 Å². The van der Waals surface area contributed by atoms with E-state index in [0.717, 1.165) is 5.56 Å². The van der Waals surface area contributed by atoms with Crippen molar-refractivity contribution in [3.8, 4) is 0 Å². The third kappa shape index (κ3) is 4.17. The van der Waals surface area contributed by atoms with Gasteiger partial charge in [0.2, 0.25) is 0 Å². The van der Waals surface area contributed by atoms with E-state index in [0.29, 0.717) is 41.8 Å². The van der Waals surface area contributed by atoms with Gasteiger partial charge >= 0.3 is 0 Å². The number of aromatic nitrogens is 2. The molecule has 33 heavy (non-hydrogen) atoms. The van der Waals surface area contributed by atoms with E-state index in [9.17, 15) is 14.4 Å². The molecule has 0 unspecified atom stereocenters. The maximum absolute atomic E-state index is 13.5. The van der Waals surface area contributed by atoms with E-state index in [4.69, 9.17) is 0 Å². The molecular formula is C25H22N4O3S. The van der Waals surface area contributed by atoms with E-state index in [1.165, 1.54) is 16.0 Å². The highest BCUT2D eigenvalue weighted by molar-refractivity contribution is 7.12. The number of amides is 2. The van der Waals surface area contributed by atoms with Gasteiger partial charge in [-0.2, -0.15) is 5.10 Å². The van der Waals surface area contributed by atoms with E-state index in [2.05, 4.69) is 5.10 Å². The molecule has 0 bridgehead atoms. The highest BCUT2D eigenvalue weighted by Crippen LogP contribution is 2.18. The second-order valence-corrected chi connectivity index (χ2v) is 8.85. The Morgan fingerprint density at radius 3 is 2.09 bits per heavy atom. The molecule has 2 aromatic heterocycles. The molecule has 3 heterocycles. The molecule has 1 saturated heterocycles. The molecule has 0 N–H and O–H groups in total. The molecule has 0 radical (unpaired) electrons. The quantitative estimate of drug-likeness (QED) is 0.471. The molecule has 1 fully saturated rings. The molecular weight excluding hydrogens is 436 g/mol. The average molecular weight is 459 g/mol. The van der Waals surface area contributed by atoms with E-state index < -0.39 is 0 Å². The standard InChI is InChI=1S/C25H22N4O3S/c30-23-20-10-5-4-9-19(20)22(26-29(23)17-18-7-2-1-3-8-18)25(32)28-14-12-27(13-15-28)24(31)21-11-6-16-33-21/h1-11,16H,12-15,17H2. The van der Waals surface area contributed by atoms with E-state index in [-0.39, 0.29) is 29.6 Å². The first-order valence-electron chi connectivity index (χ1n) is 10.8. The molecule has 4 aromatic rings. The Kier molecular flexibility index (Phi) is 5.75. The van der Waals surface area contributed by atoms with Crippen molar-refractivity contribution in [3.05, 3.63) is 98.6 Å². The summed E-state index contributed by atoms with van der Waals surface area (Å²) in [5.41, 5.74) is 0.970. The number of piperazine rings is 1. The van der Waals surface area contributed by atoms with Gasteiger partial charge in [0, 0.05) is 31.6 Å². The topological polar surface area (TPSA) is 75.5 Å². The van der Waals surface area contributed by atoms with Crippen LogP contribution in [0.5, 0.6) is 0 Å². The van der Waals surface area contributed by atoms with Crippen molar-refractivity contribution in [2.24, 2.45) is 0 Å². The summed E-state index contributed by atoms with van der Waals surface area (Å²) in [5.74, 6) is -0.228. The van der Waals surface area contributed by atoms with Crippen molar-refractivity contribution in [3.63, 3.8) is 0 Å². The molecule has 8 heteroatoms. The summed E-state index contributed by atoms with van der Waals surface area (Å²) in [5, 5.41) is 7.40. The molecule has 166 valence electrons. The van der Waals surface area contributed by atoms with Crippen molar-refractivity contribution in [2.45, 2.75) is 6.54 Å². The van der Waals surface area contributed by atoms with Gasteiger partial charge in [-0.3, -0.25) is 14.4 Å². The van der Waals surface area contributed by atoms with Crippen LogP contribution in [0, 0.1) is 0 Å². The molecule has 1 aliphatic heterocycles. The molecule has 0 aliphatic carbocycles. The number of carbonyl (C=O) groups is 2. The maximum Gasteiger partial charge on any atom is 0.275 e. The van der Waals surface area contributed by atoms with Gasteiger partial charge in [0.15, 0.2) is 5.69 Å². The highest BCUT2D eigenvalue weighted by Gasteiger charge is 2.28. The average Bonchev–Trinajstić information content (AvgIpc) is 3.41. The second-order valence-electron chi connectivity index (χ2n) is 7.90. The Bertz CT molecular complexity index is 1360. The van der Waals surface area contributed by atoms with Crippen LogP contribution in [0.25, 0.3) is 10.8 Å². The van der Waals surface area contributed by atoms with Crippen LogP contribution >= 0.6 is 11.3 Å². The van der Waals surface area contributed by atoms with Crippen LogP contribution in [0.2, 0.25) is 0 Å². The van der Waals surface area contributed by atoms with Crippen molar-refractivity contribution in [1.82, 2.24) is 19.6 Å². The summed E-state index contributed by atoms with van der Waals surface area (Å²) in [6.07, 6.45) is 0. The maximum atomic E-state index is 13.5. The number of hydrogen-bond acceptors (Lipinski definition) is 5. The second kappa shape index (κ2) is 8.99. The fourth-order valence-electron chi connectivity index (χ4n) is 4.08. The first kappa shape index (κ1) is 21.1. The third-order valence-electron chi connectivity index (χ3n) is 5.83. The van der Waals surface area contributed by atoms with Crippen LogP contribution in [0.3, 0.4) is 0 Å². The number of fused-ring (bicyclic) bond motifs is 1. The Morgan fingerprint density at radius 1 is 0.788 bits per heavy atom. The monoisotopic (exact) mass is 458 g/mol. The number of rotatable bonds is 4. The molecule has 2 amide bonds. The van der Waals surface area contributed by atoms with E-state index in [1.54, 1.807) is 34.1 Å². The lowest BCUT2D eigenvalue weighted by molar-refractivity contribution is 0.0534.